The Morgan fingerprint density at radius 3 is 2.40 bits per heavy atom. The topological polar surface area (TPSA) is 132 Å². The highest BCUT2D eigenvalue weighted by atomic mass is 16.9. The fraction of sp³-hybridized carbons (Fsp3) is 0. The van der Waals surface area contributed by atoms with Crippen LogP contribution in [-0.2, 0) is 0 Å². The minimum Gasteiger partial charge on any atom is -0.478 e. The molecule has 0 saturated heterocycles. The molecule has 0 aromatic heterocycles. The molecule has 0 bridgehead atoms. The van der Waals surface area contributed by atoms with Gasteiger partial charge in [-0.2, -0.15) is 0 Å². The Bertz CT molecular complexity index is 407. The first kappa shape index (κ1) is 12.3. The van der Waals surface area contributed by atoms with E-state index in [1.165, 1.54) is 24.3 Å². The molecule has 0 aliphatic rings. The van der Waals surface area contributed by atoms with E-state index < -0.39 is 11.1 Å². The summed E-state index contributed by atoms with van der Waals surface area (Å²) in [5, 5.41) is 31.5. The van der Waals surface area contributed by atoms with Crippen LogP contribution < -0.4 is 0 Å². The first-order chi connectivity index (χ1) is 6.97. The molecule has 0 unspecified atom stereocenters. The van der Waals surface area contributed by atoms with Crippen LogP contribution in [0.2, 0.25) is 0 Å². The minimum atomic E-state index is -1.75. The fourth-order valence-corrected chi connectivity index (χ4v) is 0.701. The van der Waals surface area contributed by atoms with Gasteiger partial charge in [0.2, 0.25) is 5.39 Å². The summed E-state index contributed by atoms with van der Waals surface area (Å²) in [4.78, 5) is 21.4. The van der Waals surface area contributed by atoms with E-state index in [1.54, 1.807) is 0 Å². The van der Waals surface area contributed by atoms with Crippen LogP contribution in [0, 0.1) is 20.7 Å². The lowest BCUT2D eigenvalue weighted by Gasteiger charge is -1.86. The van der Waals surface area contributed by atoms with E-state index in [0.717, 1.165) is 0 Å². The molecule has 0 aliphatic carbocycles. The van der Waals surface area contributed by atoms with Gasteiger partial charge in [-0.1, -0.05) is 6.07 Å². The van der Waals surface area contributed by atoms with Crippen LogP contribution in [0.25, 0.3) is 4.98 Å². The molecule has 1 aromatic carbocycles. The monoisotopic (exact) mass is 211 g/mol. The zero-order valence-electron chi connectivity index (χ0n) is 7.23. The van der Waals surface area contributed by atoms with Crippen LogP contribution in [0.1, 0.15) is 10.4 Å². The highest BCUT2D eigenvalue weighted by Crippen LogP contribution is 2.13. The van der Waals surface area contributed by atoms with Gasteiger partial charge in [0.25, 0.3) is 0 Å². The Kier molecular flexibility index (Phi) is 4.82. The third-order valence-corrected chi connectivity index (χ3v) is 1.21. The van der Waals surface area contributed by atoms with E-state index >= 15 is 0 Å². The van der Waals surface area contributed by atoms with Crippen molar-refractivity contribution in [3.63, 3.8) is 0 Å². The van der Waals surface area contributed by atoms with Crippen molar-refractivity contribution in [2.45, 2.75) is 0 Å². The molecule has 1 aromatic rings. The molecule has 1 N–H and O–H groups in total. The summed E-state index contributed by atoms with van der Waals surface area (Å²) in [7, 11) is 0. The van der Waals surface area contributed by atoms with Crippen LogP contribution >= 0.6 is 0 Å². The number of diazo groups is 1. The first-order valence-electron chi connectivity index (χ1n) is 3.47. The van der Waals surface area contributed by atoms with Gasteiger partial charge in [-0.05, 0) is 6.07 Å². The van der Waals surface area contributed by atoms with Crippen LogP contribution in [0.4, 0.5) is 5.69 Å². The van der Waals surface area contributed by atoms with E-state index in [4.69, 9.17) is 25.8 Å². The van der Waals surface area contributed by atoms with Crippen LogP contribution in [0.3, 0.4) is 0 Å². The summed E-state index contributed by atoms with van der Waals surface area (Å²) in [6.07, 6.45) is 0. The highest BCUT2D eigenvalue weighted by molar-refractivity contribution is 5.88. The van der Waals surface area contributed by atoms with Crippen molar-refractivity contribution >= 4 is 11.7 Å². The minimum absolute atomic E-state index is 0.111. The van der Waals surface area contributed by atoms with Gasteiger partial charge in [0.15, 0.2) is 4.98 Å². The van der Waals surface area contributed by atoms with Crippen molar-refractivity contribution in [2.24, 2.45) is 0 Å². The molecule has 1 rings (SSSR count). The lowest BCUT2D eigenvalue weighted by Crippen LogP contribution is -1.93. The summed E-state index contributed by atoms with van der Waals surface area (Å²) in [5.41, 5.74) is 0.352. The summed E-state index contributed by atoms with van der Waals surface area (Å²) >= 11 is 0. The van der Waals surface area contributed by atoms with Crippen molar-refractivity contribution in [3.05, 3.63) is 50.1 Å². The van der Waals surface area contributed by atoms with Crippen molar-refractivity contribution in [1.29, 1.82) is 5.39 Å². The summed E-state index contributed by atoms with van der Waals surface area (Å²) < 4.78 is 0. The fourth-order valence-electron chi connectivity index (χ4n) is 0.701. The quantitative estimate of drug-likeness (QED) is 0.426. The number of carboxylic acid groups (broad SMARTS) is 1. The normalized spacial score (nSPS) is 7.93. The van der Waals surface area contributed by atoms with E-state index in [1.807, 2.05) is 0 Å². The average molecular weight is 211 g/mol. The third kappa shape index (κ3) is 5.53. The number of benzene rings is 1. The van der Waals surface area contributed by atoms with Crippen molar-refractivity contribution in [3.8, 4) is 0 Å². The average Bonchev–Trinajstić information content (AvgIpc) is 2.17. The SMILES string of the molecule is N#[N+]c1cccc(C(=O)O)c1.O=[N+]([O-])[O-]. The Morgan fingerprint density at radius 2 is 2.00 bits per heavy atom. The van der Waals surface area contributed by atoms with Crippen LogP contribution in [-0.4, -0.2) is 16.2 Å². The lowest BCUT2D eigenvalue weighted by atomic mass is 10.2. The Labute approximate surface area is 83.1 Å². The van der Waals surface area contributed by atoms with Crippen LogP contribution in [0.5, 0.6) is 0 Å². The molecule has 0 radical (unpaired) electrons. The maximum absolute atomic E-state index is 10.3. The van der Waals surface area contributed by atoms with Gasteiger partial charge in [0, 0.05) is 12.1 Å². The molecule has 0 saturated carbocycles. The predicted octanol–water partition coefficient (Wildman–Crippen LogP) is 1.63. The lowest BCUT2D eigenvalue weighted by molar-refractivity contribution is -0.402. The standard InChI is InChI=1S/C7H4N2O2.NO3/c8-9-6-3-1-2-5(4-6)7(10)11;2-1(3)4/h1-4H;/q;-1/p+1. The molecular formula is C7H5N3O5. The third-order valence-electron chi connectivity index (χ3n) is 1.21. The molecule has 0 amide bonds. The van der Waals surface area contributed by atoms with Gasteiger partial charge < -0.3 is 20.4 Å². The summed E-state index contributed by atoms with van der Waals surface area (Å²) in [6, 6.07) is 5.73. The Hall–Kier alpha value is -2.69. The number of carbonyl (C=O) groups is 1. The zero-order chi connectivity index (χ0) is 11.8. The molecule has 0 fully saturated rings. The number of carboxylic acids is 1. The second-order valence-corrected chi connectivity index (χ2v) is 2.18. The smallest absolute Gasteiger partial charge is 0.385 e. The molecule has 78 valence electrons. The maximum atomic E-state index is 10.3. The van der Waals surface area contributed by atoms with E-state index in [-0.39, 0.29) is 11.3 Å². The molecule has 15 heavy (non-hydrogen) atoms. The maximum Gasteiger partial charge on any atom is 0.385 e. The number of rotatable bonds is 1. The first-order valence-corrected chi connectivity index (χ1v) is 3.47. The number of aromatic carboxylic acids is 1. The van der Waals surface area contributed by atoms with E-state index in [2.05, 4.69) is 4.98 Å². The number of hydrogen-bond donors (Lipinski definition) is 1. The van der Waals surface area contributed by atoms with E-state index in [0.29, 0.717) is 0 Å². The Morgan fingerprint density at radius 1 is 1.47 bits per heavy atom. The molecule has 0 heterocycles. The summed E-state index contributed by atoms with van der Waals surface area (Å²) in [5.74, 6) is -1.03. The van der Waals surface area contributed by atoms with Crippen molar-refractivity contribution in [1.82, 2.24) is 0 Å². The zero-order valence-corrected chi connectivity index (χ0v) is 7.23. The van der Waals surface area contributed by atoms with Gasteiger partial charge >= 0.3 is 11.7 Å². The van der Waals surface area contributed by atoms with Gasteiger partial charge in [0.05, 0.1) is 10.7 Å². The molecule has 0 aliphatic heterocycles. The number of nitrogens with zero attached hydrogens (tertiary/aromatic N) is 3. The van der Waals surface area contributed by atoms with E-state index in [9.17, 15) is 4.79 Å². The van der Waals surface area contributed by atoms with Gasteiger partial charge in [-0.3, -0.25) is 0 Å². The van der Waals surface area contributed by atoms with Gasteiger partial charge in [-0.25, -0.2) is 4.79 Å². The second-order valence-electron chi connectivity index (χ2n) is 2.18. The predicted molar refractivity (Wildman–Crippen MR) is 48.5 cm³/mol. The molecular weight excluding hydrogens is 206 g/mol. The molecule has 0 atom stereocenters. The van der Waals surface area contributed by atoms with Crippen molar-refractivity contribution in [2.75, 3.05) is 0 Å². The molecule has 8 heteroatoms. The molecule has 8 nitrogen and oxygen atoms in total. The second kappa shape index (κ2) is 5.87. The van der Waals surface area contributed by atoms with Gasteiger partial charge in [0.1, 0.15) is 0 Å². The Balaban J connectivity index is 0.000000423. The number of hydrogen-bond acceptors (Lipinski definition) is 5. The van der Waals surface area contributed by atoms with Crippen molar-refractivity contribution < 1.29 is 15.0 Å². The van der Waals surface area contributed by atoms with Crippen LogP contribution in [0.15, 0.2) is 24.3 Å². The highest BCUT2D eigenvalue weighted by Gasteiger charge is 2.08. The largest absolute Gasteiger partial charge is 0.478 e. The molecule has 0 spiro atoms. The van der Waals surface area contributed by atoms with Gasteiger partial charge in [-0.15, -0.1) is 0 Å². The summed E-state index contributed by atoms with van der Waals surface area (Å²) in [6.45, 7) is 0.